The fourth-order valence-electron chi connectivity index (χ4n) is 2.54. The van der Waals surface area contributed by atoms with Gasteiger partial charge in [-0.1, -0.05) is 24.4 Å². The number of aliphatic hydroxyl groups is 1. The van der Waals surface area contributed by atoms with E-state index in [1.807, 2.05) is 0 Å². The fraction of sp³-hybridized carbons (Fsp3) is 0.583. The summed E-state index contributed by atoms with van der Waals surface area (Å²) in [7, 11) is -2.32. The Morgan fingerprint density at radius 1 is 1.52 bits per heavy atom. The van der Waals surface area contributed by atoms with Gasteiger partial charge < -0.3 is 10.5 Å². The van der Waals surface area contributed by atoms with Gasteiger partial charge >= 0.3 is 0 Å². The van der Waals surface area contributed by atoms with E-state index in [2.05, 4.69) is 10.4 Å². The molecule has 0 spiro atoms. The zero-order chi connectivity index (χ0) is 15.7. The Morgan fingerprint density at radius 3 is 2.67 bits per heavy atom. The van der Waals surface area contributed by atoms with Crippen molar-refractivity contribution in [3.05, 3.63) is 17.3 Å². The van der Waals surface area contributed by atoms with Gasteiger partial charge in [-0.2, -0.15) is 4.31 Å². The number of pyridine rings is 1. The van der Waals surface area contributed by atoms with Crippen molar-refractivity contribution >= 4 is 27.4 Å². The van der Waals surface area contributed by atoms with Crippen LogP contribution in [0.25, 0.3) is 0 Å². The van der Waals surface area contributed by atoms with E-state index >= 15 is 0 Å². The number of likely N-dealkylation sites (N-methyl/N-ethyl adjacent to an activating group) is 1. The van der Waals surface area contributed by atoms with Gasteiger partial charge in [0, 0.05) is 19.8 Å². The molecule has 2 rings (SSSR count). The molecule has 0 unspecified atom stereocenters. The molecule has 0 bridgehead atoms. The maximum atomic E-state index is 12.5. The summed E-state index contributed by atoms with van der Waals surface area (Å²) >= 11 is 5.90. The third-order valence-corrected chi connectivity index (χ3v) is 5.77. The SMILES string of the molecule is CN(CC1(O)CCCC1)S(=O)(=O)c1cnc(NN)c(Cl)c1. The lowest BCUT2D eigenvalue weighted by atomic mass is 10.0. The minimum absolute atomic E-state index is 0.0319. The van der Waals surface area contributed by atoms with Gasteiger partial charge in [-0.25, -0.2) is 19.2 Å². The lowest BCUT2D eigenvalue weighted by molar-refractivity contribution is 0.0333. The molecule has 1 heterocycles. The summed E-state index contributed by atoms with van der Waals surface area (Å²) in [5, 5.41) is 10.5. The van der Waals surface area contributed by atoms with Crippen LogP contribution in [-0.4, -0.2) is 42.0 Å². The molecule has 0 atom stereocenters. The second-order valence-electron chi connectivity index (χ2n) is 5.34. The van der Waals surface area contributed by atoms with Gasteiger partial charge in [0.2, 0.25) is 10.0 Å². The minimum atomic E-state index is -3.75. The summed E-state index contributed by atoms with van der Waals surface area (Å²) in [5.74, 6) is 5.41. The number of hydrazine groups is 1. The molecule has 0 saturated heterocycles. The Bertz CT molecular complexity index is 617. The van der Waals surface area contributed by atoms with E-state index in [4.69, 9.17) is 17.4 Å². The van der Waals surface area contributed by atoms with Crippen LogP contribution in [0, 0.1) is 0 Å². The summed E-state index contributed by atoms with van der Waals surface area (Å²) in [6, 6.07) is 1.29. The van der Waals surface area contributed by atoms with Gasteiger partial charge in [-0.3, -0.25) is 0 Å². The van der Waals surface area contributed by atoms with E-state index in [1.165, 1.54) is 19.3 Å². The van der Waals surface area contributed by atoms with Gasteiger partial charge in [0.05, 0.1) is 10.6 Å². The highest BCUT2D eigenvalue weighted by atomic mass is 35.5. The number of rotatable bonds is 5. The Morgan fingerprint density at radius 2 is 2.14 bits per heavy atom. The maximum absolute atomic E-state index is 12.5. The summed E-state index contributed by atoms with van der Waals surface area (Å²) in [5.41, 5.74) is 1.33. The Hall–Kier alpha value is -0.930. The van der Waals surface area contributed by atoms with E-state index in [0.717, 1.165) is 17.1 Å². The van der Waals surface area contributed by atoms with Crippen LogP contribution in [0.4, 0.5) is 5.82 Å². The van der Waals surface area contributed by atoms with E-state index in [-0.39, 0.29) is 22.3 Å². The van der Waals surface area contributed by atoms with Gasteiger partial charge in [0.15, 0.2) is 5.82 Å². The smallest absolute Gasteiger partial charge is 0.244 e. The third kappa shape index (κ3) is 3.46. The molecular formula is C12H19ClN4O3S. The summed E-state index contributed by atoms with van der Waals surface area (Å²) in [4.78, 5) is 3.83. The molecule has 4 N–H and O–H groups in total. The number of nitrogens with two attached hydrogens (primary N) is 1. The third-order valence-electron chi connectivity index (χ3n) is 3.71. The number of aromatic nitrogens is 1. The largest absolute Gasteiger partial charge is 0.389 e. The van der Waals surface area contributed by atoms with Gasteiger partial charge in [0.25, 0.3) is 0 Å². The van der Waals surface area contributed by atoms with Crippen molar-refractivity contribution in [1.29, 1.82) is 0 Å². The van der Waals surface area contributed by atoms with E-state index in [9.17, 15) is 13.5 Å². The van der Waals surface area contributed by atoms with Crippen molar-refractivity contribution < 1.29 is 13.5 Å². The first-order chi connectivity index (χ1) is 9.78. The first-order valence-electron chi connectivity index (χ1n) is 6.59. The number of nitrogens with zero attached hydrogens (tertiary/aromatic N) is 2. The Kier molecular flexibility index (Phi) is 4.74. The molecule has 0 amide bonds. The van der Waals surface area contributed by atoms with E-state index < -0.39 is 15.6 Å². The molecule has 0 radical (unpaired) electrons. The molecule has 1 aliphatic carbocycles. The first kappa shape index (κ1) is 16.4. The fourth-order valence-corrected chi connectivity index (χ4v) is 4.05. The second kappa shape index (κ2) is 6.05. The number of sulfonamides is 1. The predicted octanol–water partition coefficient (Wildman–Crippen LogP) is 0.946. The van der Waals surface area contributed by atoms with Crippen molar-refractivity contribution in [2.24, 2.45) is 5.84 Å². The van der Waals surface area contributed by atoms with Crippen LogP contribution >= 0.6 is 11.6 Å². The molecule has 1 aromatic rings. The molecular weight excluding hydrogens is 316 g/mol. The van der Waals surface area contributed by atoms with Crippen molar-refractivity contribution in [3.8, 4) is 0 Å². The van der Waals surface area contributed by atoms with Crippen LogP contribution in [0.2, 0.25) is 5.02 Å². The summed E-state index contributed by atoms with van der Waals surface area (Å²) in [6.45, 7) is 0.0594. The van der Waals surface area contributed by atoms with E-state index in [1.54, 1.807) is 0 Å². The van der Waals surface area contributed by atoms with Gasteiger partial charge in [-0.15, -0.1) is 0 Å². The number of halogens is 1. The molecule has 0 aromatic carbocycles. The highest BCUT2D eigenvalue weighted by molar-refractivity contribution is 7.89. The Balaban J connectivity index is 2.22. The number of nitrogen functional groups attached to an aromatic ring is 1. The number of hydrogen-bond acceptors (Lipinski definition) is 6. The molecule has 1 saturated carbocycles. The number of nitrogens with one attached hydrogen (secondary N) is 1. The molecule has 1 aliphatic rings. The molecule has 9 heteroatoms. The number of hydrogen-bond donors (Lipinski definition) is 3. The first-order valence-corrected chi connectivity index (χ1v) is 8.41. The molecule has 1 fully saturated rings. The van der Waals surface area contributed by atoms with Crippen molar-refractivity contribution in [3.63, 3.8) is 0 Å². The average Bonchev–Trinajstić information content (AvgIpc) is 2.85. The highest BCUT2D eigenvalue weighted by Crippen LogP contribution is 2.31. The number of anilines is 1. The maximum Gasteiger partial charge on any atom is 0.244 e. The normalized spacial score (nSPS) is 18.1. The lowest BCUT2D eigenvalue weighted by Gasteiger charge is -2.28. The van der Waals surface area contributed by atoms with Crippen LogP contribution in [0.1, 0.15) is 25.7 Å². The lowest BCUT2D eigenvalue weighted by Crippen LogP contribution is -2.42. The Labute approximate surface area is 129 Å². The molecule has 0 aliphatic heterocycles. The van der Waals surface area contributed by atoms with E-state index in [0.29, 0.717) is 12.8 Å². The van der Waals surface area contributed by atoms with Crippen molar-refractivity contribution in [2.45, 2.75) is 36.2 Å². The van der Waals surface area contributed by atoms with Gasteiger partial charge in [0.1, 0.15) is 4.90 Å². The van der Waals surface area contributed by atoms with Crippen LogP contribution < -0.4 is 11.3 Å². The minimum Gasteiger partial charge on any atom is -0.389 e. The standard InChI is InChI=1S/C12H19ClN4O3S/c1-17(8-12(18)4-2-3-5-12)21(19,20)9-6-10(13)11(16-14)15-7-9/h6-7,18H,2-5,8,14H2,1H3,(H,15,16). The van der Waals surface area contributed by atoms with Crippen LogP contribution in [0.15, 0.2) is 17.2 Å². The molecule has 118 valence electrons. The second-order valence-corrected chi connectivity index (χ2v) is 7.79. The summed E-state index contributed by atoms with van der Waals surface area (Å²) < 4.78 is 26.1. The average molecular weight is 335 g/mol. The molecule has 21 heavy (non-hydrogen) atoms. The van der Waals surface area contributed by atoms with Crippen molar-refractivity contribution in [1.82, 2.24) is 9.29 Å². The summed E-state index contributed by atoms with van der Waals surface area (Å²) in [6.07, 6.45) is 4.23. The van der Waals surface area contributed by atoms with Crippen LogP contribution in [0.3, 0.4) is 0 Å². The quantitative estimate of drug-likeness (QED) is 0.546. The van der Waals surface area contributed by atoms with Crippen LogP contribution in [-0.2, 0) is 10.0 Å². The molecule has 7 nitrogen and oxygen atoms in total. The zero-order valence-electron chi connectivity index (χ0n) is 11.7. The highest BCUT2D eigenvalue weighted by Gasteiger charge is 2.36. The molecule has 1 aromatic heterocycles. The monoisotopic (exact) mass is 334 g/mol. The van der Waals surface area contributed by atoms with Gasteiger partial charge in [-0.05, 0) is 18.9 Å². The topological polar surface area (TPSA) is 109 Å². The van der Waals surface area contributed by atoms with Crippen LogP contribution in [0.5, 0.6) is 0 Å². The predicted molar refractivity (Wildman–Crippen MR) is 80.3 cm³/mol. The van der Waals surface area contributed by atoms with Crippen molar-refractivity contribution in [2.75, 3.05) is 19.0 Å². The zero-order valence-corrected chi connectivity index (χ0v) is 13.3.